The van der Waals surface area contributed by atoms with Crippen LogP contribution in [0.5, 0.6) is 5.75 Å². The van der Waals surface area contributed by atoms with Crippen LogP contribution < -0.4 is 10.5 Å². The number of hydrogen-bond donors (Lipinski definition) is 1. The van der Waals surface area contributed by atoms with Crippen LogP contribution in [0.4, 0.5) is 5.82 Å². The normalized spacial score (nSPS) is 10.7. The van der Waals surface area contributed by atoms with E-state index in [1.54, 1.807) is 11.8 Å². The van der Waals surface area contributed by atoms with Gasteiger partial charge in [-0.15, -0.1) is 0 Å². The molecule has 0 spiro atoms. The molecule has 6 heteroatoms. The van der Waals surface area contributed by atoms with Crippen molar-refractivity contribution in [3.63, 3.8) is 0 Å². The fraction of sp³-hybridized carbons (Fsp3) is 0.250. The molecule has 0 aliphatic heterocycles. The summed E-state index contributed by atoms with van der Waals surface area (Å²) in [6.45, 7) is 2.43. The van der Waals surface area contributed by atoms with Gasteiger partial charge in [0, 0.05) is 10.6 Å². The number of aromatic nitrogens is 2. The van der Waals surface area contributed by atoms with E-state index in [1.165, 1.54) is 0 Å². The Morgan fingerprint density at radius 3 is 2.78 bits per heavy atom. The number of nitrogens with two attached hydrogens (primary N) is 1. The third kappa shape index (κ3) is 2.42. The molecule has 0 aliphatic carbocycles. The molecule has 4 nitrogen and oxygen atoms in total. The Balaban J connectivity index is 2.42. The van der Waals surface area contributed by atoms with Crippen molar-refractivity contribution in [2.75, 3.05) is 12.8 Å². The molecule has 2 aromatic rings. The Kier molecular flexibility index (Phi) is 4.01. The van der Waals surface area contributed by atoms with Crippen molar-refractivity contribution in [3.8, 4) is 5.75 Å². The van der Waals surface area contributed by atoms with Crippen molar-refractivity contribution in [1.29, 1.82) is 0 Å². The van der Waals surface area contributed by atoms with Gasteiger partial charge in [-0.3, -0.25) is 0 Å². The second-order valence-corrected chi connectivity index (χ2v) is 5.35. The zero-order valence-corrected chi connectivity index (χ0v) is 13.0. The summed E-state index contributed by atoms with van der Waals surface area (Å²) >= 11 is 8.38. The molecule has 0 aliphatic rings. The van der Waals surface area contributed by atoms with E-state index in [4.69, 9.17) is 22.1 Å². The van der Waals surface area contributed by atoms with Crippen LogP contribution in [0.25, 0.3) is 0 Å². The van der Waals surface area contributed by atoms with E-state index < -0.39 is 0 Å². The van der Waals surface area contributed by atoms with Crippen molar-refractivity contribution in [2.45, 2.75) is 13.5 Å². The van der Waals surface area contributed by atoms with Gasteiger partial charge in [-0.25, -0.2) is 4.68 Å². The summed E-state index contributed by atoms with van der Waals surface area (Å²) in [4.78, 5) is 0. The highest BCUT2D eigenvalue weighted by Gasteiger charge is 2.14. The van der Waals surface area contributed by atoms with Gasteiger partial charge < -0.3 is 10.5 Å². The van der Waals surface area contributed by atoms with Crippen molar-refractivity contribution >= 4 is 40.0 Å². The summed E-state index contributed by atoms with van der Waals surface area (Å²) in [6.07, 6.45) is 0. The predicted molar refractivity (Wildman–Crippen MR) is 81.2 cm³/mol. The number of nitrogen functional groups attached to an aromatic ring is 1. The van der Waals surface area contributed by atoms with E-state index in [-0.39, 0.29) is 0 Å². The topological polar surface area (TPSA) is 53.1 Å². The molecule has 1 aromatic heterocycles. The number of hydrogen-bond acceptors (Lipinski definition) is 3. The zero-order chi connectivity index (χ0) is 13.3. The summed E-state index contributed by atoms with van der Waals surface area (Å²) in [6, 6.07) is 5.56. The van der Waals surface area contributed by atoms with E-state index in [9.17, 15) is 0 Å². The van der Waals surface area contributed by atoms with Crippen LogP contribution in [0, 0.1) is 10.5 Å². The van der Waals surface area contributed by atoms with Gasteiger partial charge in [0.15, 0.2) is 0 Å². The molecular formula is C12H13ClIN3O. The van der Waals surface area contributed by atoms with Crippen molar-refractivity contribution in [1.82, 2.24) is 9.78 Å². The minimum absolute atomic E-state index is 0.499. The summed E-state index contributed by atoms with van der Waals surface area (Å²) in [7, 11) is 1.62. The lowest BCUT2D eigenvalue weighted by Gasteiger charge is -2.11. The van der Waals surface area contributed by atoms with Gasteiger partial charge in [-0.1, -0.05) is 17.7 Å². The Morgan fingerprint density at radius 2 is 2.22 bits per heavy atom. The maximum Gasteiger partial charge on any atom is 0.135 e. The van der Waals surface area contributed by atoms with Crippen molar-refractivity contribution in [2.24, 2.45) is 0 Å². The van der Waals surface area contributed by atoms with Crippen LogP contribution in [-0.2, 0) is 6.54 Å². The third-order valence-electron chi connectivity index (χ3n) is 2.69. The van der Waals surface area contributed by atoms with E-state index in [0.717, 1.165) is 20.6 Å². The summed E-state index contributed by atoms with van der Waals surface area (Å²) in [5.41, 5.74) is 7.80. The number of anilines is 1. The molecule has 0 saturated heterocycles. The highest BCUT2D eigenvalue weighted by Crippen LogP contribution is 2.28. The molecule has 18 heavy (non-hydrogen) atoms. The number of rotatable bonds is 3. The van der Waals surface area contributed by atoms with Gasteiger partial charge in [-0.05, 0) is 41.6 Å². The SMILES string of the molecule is COc1cccc(Cl)c1Cn1nc(C)c(I)c1N. The van der Waals surface area contributed by atoms with E-state index in [1.807, 2.05) is 25.1 Å². The zero-order valence-electron chi connectivity index (χ0n) is 10.1. The molecule has 0 radical (unpaired) electrons. The van der Waals surface area contributed by atoms with Crippen LogP contribution in [0.1, 0.15) is 11.3 Å². The Hall–Kier alpha value is -0.950. The quantitative estimate of drug-likeness (QED) is 0.836. The van der Waals surface area contributed by atoms with Gasteiger partial charge in [0.25, 0.3) is 0 Å². The Bertz CT molecular complexity index is 583. The molecule has 0 unspecified atom stereocenters. The molecular weight excluding hydrogens is 365 g/mol. The van der Waals surface area contributed by atoms with Crippen LogP contribution >= 0.6 is 34.2 Å². The maximum absolute atomic E-state index is 6.19. The third-order valence-corrected chi connectivity index (χ3v) is 4.38. The first-order chi connectivity index (χ1) is 8.54. The number of halogens is 2. The predicted octanol–water partition coefficient (Wildman–Crippen LogP) is 3.09. The largest absolute Gasteiger partial charge is 0.496 e. The average Bonchev–Trinajstić information content (AvgIpc) is 2.59. The van der Waals surface area contributed by atoms with Gasteiger partial charge >= 0.3 is 0 Å². The van der Waals surface area contributed by atoms with Crippen molar-refractivity contribution in [3.05, 3.63) is 38.0 Å². The second kappa shape index (κ2) is 5.36. The van der Waals surface area contributed by atoms with Crippen molar-refractivity contribution < 1.29 is 4.74 Å². The molecule has 0 saturated carbocycles. The van der Waals surface area contributed by atoms with Crippen LogP contribution in [0.15, 0.2) is 18.2 Å². The molecule has 0 atom stereocenters. The smallest absolute Gasteiger partial charge is 0.135 e. The van der Waals surface area contributed by atoms with E-state index >= 15 is 0 Å². The Morgan fingerprint density at radius 1 is 1.50 bits per heavy atom. The maximum atomic E-state index is 6.19. The van der Waals surface area contributed by atoms with Gasteiger partial charge in [0.2, 0.25) is 0 Å². The number of nitrogens with zero attached hydrogens (tertiary/aromatic N) is 2. The summed E-state index contributed by atoms with van der Waals surface area (Å²) in [5, 5.41) is 5.04. The van der Waals surface area contributed by atoms with Crippen LogP contribution in [0.2, 0.25) is 5.02 Å². The summed E-state index contributed by atoms with van der Waals surface area (Å²) in [5.74, 6) is 1.39. The molecule has 96 valence electrons. The monoisotopic (exact) mass is 377 g/mol. The molecule has 0 fully saturated rings. The second-order valence-electron chi connectivity index (χ2n) is 3.86. The van der Waals surface area contributed by atoms with Gasteiger partial charge in [-0.2, -0.15) is 5.10 Å². The average molecular weight is 378 g/mol. The molecule has 1 heterocycles. The van der Waals surface area contributed by atoms with Gasteiger partial charge in [0.05, 0.1) is 22.9 Å². The number of methoxy groups -OCH3 is 1. The molecule has 1 aromatic carbocycles. The lowest BCUT2D eigenvalue weighted by Crippen LogP contribution is -2.08. The fourth-order valence-electron chi connectivity index (χ4n) is 1.73. The molecule has 2 N–H and O–H groups in total. The van der Waals surface area contributed by atoms with Gasteiger partial charge in [0.1, 0.15) is 11.6 Å². The Labute approximate surface area is 124 Å². The first kappa shape index (κ1) is 13.5. The molecule has 0 amide bonds. The van der Waals surface area contributed by atoms with E-state index in [0.29, 0.717) is 17.4 Å². The first-order valence-electron chi connectivity index (χ1n) is 5.34. The lowest BCUT2D eigenvalue weighted by molar-refractivity contribution is 0.407. The minimum Gasteiger partial charge on any atom is -0.496 e. The summed E-state index contributed by atoms with van der Waals surface area (Å²) < 4.78 is 8.01. The number of benzene rings is 1. The number of ether oxygens (including phenoxy) is 1. The highest BCUT2D eigenvalue weighted by molar-refractivity contribution is 14.1. The van der Waals surface area contributed by atoms with E-state index in [2.05, 4.69) is 27.7 Å². The first-order valence-corrected chi connectivity index (χ1v) is 6.80. The number of aryl methyl sites for hydroxylation is 1. The minimum atomic E-state index is 0.499. The van der Waals surface area contributed by atoms with Crippen LogP contribution in [-0.4, -0.2) is 16.9 Å². The lowest BCUT2D eigenvalue weighted by atomic mass is 10.2. The highest BCUT2D eigenvalue weighted by atomic mass is 127. The molecule has 2 rings (SSSR count). The van der Waals surface area contributed by atoms with Crippen LogP contribution in [0.3, 0.4) is 0 Å². The molecule has 0 bridgehead atoms. The fourth-order valence-corrected chi connectivity index (χ4v) is 2.34. The standard InChI is InChI=1S/C12H13ClIN3O/c1-7-11(14)12(15)17(16-7)6-8-9(13)4-3-5-10(8)18-2/h3-5H,6,15H2,1-2H3.